The molecule has 1 saturated carbocycles. The maximum atomic E-state index is 5.88. The van der Waals surface area contributed by atoms with Crippen molar-refractivity contribution >= 4 is 0 Å². The second kappa shape index (κ2) is 4.62. The van der Waals surface area contributed by atoms with E-state index in [1.54, 1.807) is 6.20 Å². The Hall–Kier alpha value is -1.09. The third-order valence-electron chi connectivity index (χ3n) is 2.87. The molecule has 2 N–H and O–H groups in total. The van der Waals surface area contributed by atoms with Crippen molar-refractivity contribution in [1.82, 2.24) is 4.98 Å². The maximum absolute atomic E-state index is 5.88. The summed E-state index contributed by atoms with van der Waals surface area (Å²) >= 11 is 0. The summed E-state index contributed by atoms with van der Waals surface area (Å²) in [5.41, 5.74) is 6.87. The summed E-state index contributed by atoms with van der Waals surface area (Å²) in [4.78, 5) is 4.26. The molecule has 2 rings (SSSR count). The minimum Gasteiger partial charge on any atom is -0.474 e. The quantitative estimate of drug-likeness (QED) is 0.826. The van der Waals surface area contributed by atoms with Crippen molar-refractivity contribution in [3.05, 3.63) is 23.9 Å². The molecule has 82 valence electrons. The highest BCUT2D eigenvalue weighted by Gasteiger charge is 2.19. The third-order valence-corrected chi connectivity index (χ3v) is 2.87. The summed E-state index contributed by atoms with van der Waals surface area (Å²) in [5.74, 6) is 0.722. The minimum atomic E-state index is -0.0184. The van der Waals surface area contributed by atoms with Crippen LogP contribution in [0.25, 0.3) is 0 Å². The van der Waals surface area contributed by atoms with Crippen LogP contribution in [-0.4, -0.2) is 11.1 Å². The molecule has 0 saturated heterocycles. The molecule has 1 aromatic heterocycles. The van der Waals surface area contributed by atoms with Crippen molar-refractivity contribution in [2.45, 2.75) is 44.8 Å². The van der Waals surface area contributed by atoms with E-state index in [2.05, 4.69) is 4.98 Å². The van der Waals surface area contributed by atoms with Crippen molar-refractivity contribution in [2.24, 2.45) is 5.73 Å². The van der Waals surface area contributed by atoms with Gasteiger partial charge in [-0.1, -0.05) is 6.07 Å². The van der Waals surface area contributed by atoms with Crippen molar-refractivity contribution < 1.29 is 4.74 Å². The number of nitrogens with zero attached hydrogens (tertiary/aromatic N) is 1. The first-order chi connectivity index (χ1) is 7.27. The van der Waals surface area contributed by atoms with E-state index in [4.69, 9.17) is 10.5 Å². The van der Waals surface area contributed by atoms with Gasteiger partial charge in [0.05, 0.1) is 0 Å². The molecular weight excluding hydrogens is 188 g/mol. The van der Waals surface area contributed by atoms with E-state index >= 15 is 0 Å². The number of nitrogens with two attached hydrogens (primary N) is 1. The fraction of sp³-hybridized carbons (Fsp3) is 0.583. The smallest absolute Gasteiger partial charge is 0.218 e. The molecule has 0 radical (unpaired) electrons. The molecule has 1 atom stereocenters. The minimum absolute atomic E-state index is 0.0184. The predicted molar refractivity (Wildman–Crippen MR) is 59.7 cm³/mol. The Balaban J connectivity index is 2.12. The average molecular weight is 206 g/mol. The number of aromatic nitrogens is 1. The lowest BCUT2D eigenvalue weighted by molar-refractivity contribution is 0.198. The zero-order valence-corrected chi connectivity index (χ0v) is 9.15. The monoisotopic (exact) mass is 206 g/mol. The number of pyridine rings is 1. The van der Waals surface area contributed by atoms with Gasteiger partial charge < -0.3 is 10.5 Å². The molecule has 15 heavy (non-hydrogen) atoms. The van der Waals surface area contributed by atoms with Crippen molar-refractivity contribution in [3.63, 3.8) is 0 Å². The van der Waals surface area contributed by atoms with E-state index in [1.807, 2.05) is 19.1 Å². The predicted octanol–water partition coefficient (Wildman–Crippen LogP) is 2.42. The fourth-order valence-electron chi connectivity index (χ4n) is 2.01. The normalized spacial score (nSPS) is 19.1. The van der Waals surface area contributed by atoms with Crippen LogP contribution in [0.3, 0.4) is 0 Å². The molecule has 0 aromatic carbocycles. The molecule has 0 bridgehead atoms. The van der Waals surface area contributed by atoms with E-state index in [9.17, 15) is 0 Å². The zero-order valence-electron chi connectivity index (χ0n) is 9.15. The first-order valence-electron chi connectivity index (χ1n) is 5.64. The zero-order chi connectivity index (χ0) is 10.7. The van der Waals surface area contributed by atoms with Gasteiger partial charge in [0, 0.05) is 17.8 Å². The van der Waals surface area contributed by atoms with Gasteiger partial charge >= 0.3 is 0 Å². The van der Waals surface area contributed by atoms with Crippen LogP contribution in [0.15, 0.2) is 18.3 Å². The van der Waals surface area contributed by atoms with Crippen LogP contribution in [0.5, 0.6) is 5.88 Å². The van der Waals surface area contributed by atoms with Gasteiger partial charge in [-0.15, -0.1) is 0 Å². The molecule has 1 aliphatic rings. The lowest BCUT2D eigenvalue weighted by Crippen LogP contribution is -2.15. The molecule has 3 nitrogen and oxygen atoms in total. The molecule has 0 spiro atoms. The average Bonchev–Trinajstić information content (AvgIpc) is 2.71. The van der Waals surface area contributed by atoms with Crippen LogP contribution >= 0.6 is 0 Å². The summed E-state index contributed by atoms with van der Waals surface area (Å²) in [5, 5.41) is 0. The fourth-order valence-corrected chi connectivity index (χ4v) is 2.01. The van der Waals surface area contributed by atoms with Gasteiger partial charge in [-0.3, -0.25) is 0 Å². The van der Waals surface area contributed by atoms with Crippen molar-refractivity contribution in [3.8, 4) is 5.88 Å². The van der Waals surface area contributed by atoms with Gasteiger partial charge in [-0.2, -0.15) is 0 Å². The summed E-state index contributed by atoms with van der Waals surface area (Å²) in [7, 11) is 0. The van der Waals surface area contributed by atoms with Crippen LogP contribution in [-0.2, 0) is 0 Å². The lowest BCUT2D eigenvalue weighted by Gasteiger charge is -2.16. The van der Waals surface area contributed by atoms with Crippen LogP contribution in [0.4, 0.5) is 0 Å². The van der Waals surface area contributed by atoms with Gasteiger partial charge in [-0.05, 0) is 38.7 Å². The molecule has 0 aliphatic heterocycles. The number of hydrogen-bond acceptors (Lipinski definition) is 3. The molecule has 1 fully saturated rings. The summed E-state index contributed by atoms with van der Waals surface area (Å²) in [6.45, 7) is 1.96. The van der Waals surface area contributed by atoms with Crippen LogP contribution in [0, 0.1) is 0 Å². The highest BCUT2D eigenvalue weighted by Crippen LogP contribution is 2.27. The summed E-state index contributed by atoms with van der Waals surface area (Å²) in [6.07, 6.45) is 6.94. The third kappa shape index (κ3) is 2.48. The molecule has 1 aromatic rings. The molecule has 0 unspecified atom stereocenters. The Bertz CT molecular complexity index is 319. The molecule has 1 aliphatic carbocycles. The van der Waals surface area contributed by atoms with Crippen LogP contribution in [0.1, 0.15) is 44.2 Å². The van der Waals surface area contributed by atoms with E-state index in [0.29, 0.717) is 6.10 Å². The van der Waals surface area contributed by atoms with E-state index < -0.39 is 0 Å². The lowest BCUT2D eigenvalue weighted by atomic mass is 10.1. The molecule has 0 amide bonds. The van der Waals surface area contributed by atoms with E-state index in [-0.39, 0.29) is 6.04 Å². The number of rotatable bonds is 3. The first-order valence-corrected chi connectivity index (χ1v) is 5.64. The summed E-state index contributed by atoms with van der Waals surface area (Å²) < 4.78 is 5.88. The topological polar surface area (TPSA) is 48.1 Å². The van der Waals surface area contributed by atoms with Gasteiger partial charge in [-0.25, -0.2) is 4.98 Å². The van der Waals surface area contributed by atoms with Crippen molar-refractivity contribution in [2.75, 3.05) is 0 Å². The number of ether oxygens (including phenoxy) is 1. The van der Waals surface area contributed by atoms with Crippen molar-refractivity contribution in [1.29, 1.82) is 0 Å². The number of hydrogen-bond donors (Lipinski definition) is 1. The largest absolute Gasteiger partial charge is 0.474 e. The van der Waals surface area contributed by atoms with Crippen LogP contribution < -0.4 is 10.5 Å². The highest BCUT2D eigenvalue weighted by atomic mass is 16.5. The Morgan fingerprint density at radius 2 is 2.20 bits per heavy atom. The Morgan fingerprint density at radius 1 is 1.47 bits per heavy atom. The Labute approximate surface area is 90.7 Å². The first kappa shape index (κ1) is 10.4. The molecule has 3 heteroatoms. The van der Waals surface area contributed by atoms with Crippen LogP contribution in [0.2, 0.25) is 0 Å². The molecular formula is C12H18N2O. The molecule has 1 heterocycles. The van der Waals surface area contributed by atoms with Gasteiger partial charge in [0.1, 0.15) is 6.10 Å². The van der Waals surface area contributed by atoms with Gasteiger partial charge in [0.15, 0.2) is 0 Å². The maximum Gasteiger partial charge on any atom is 0.218 e. The van der Waals surface area contributed by atoms with E-state index in [0.717, 1.165) is 24.3 Å². The second-order valence-corrected chi connectivity index (χ2v) is 4.21. The second-order valence-electron chi connectivity index (χ2n) is 4.21. The van der Waals surface area contributed by atoms with Gasteiger partial charge in [0.2, 0.25) is 5.88 Å². The summed E-state index contributed by atoms with van der Waals surface area (Å²) in [6, 6.07) is 3.87. The Kier molecular flexibility index (Phi) is 3.21. The SMILES string of the molecule is C[C@@H](N)c1cccnc1OC1CCCC1. The standard InChI is InChI=1S/C12H18N2O/c1-9(13)11-7-4-8-14-12(11)15-10-5-2-3-6-10/h4,7-10H,2-3,5-6,13H2,1H3/t9-/m1/s1. The highest BCUT2D eigenvalue weighted by molar-refractivity contribution is 5.28. The van der Waals surface area contributed by atoms with Gasteiger partial charge in [0.25, 0.3) is 0 Å². The van der Waals surface area contributed by atoms with E-state index in [1.165, 1.54) is 12.8 Å². The Morgan fingerprint density at radius 3 is 2.87 bits per heavy atom.